The molecule has 2 N–H and O–H groups in total. The monoisotopic (exact) mass is 271 g/mol. The first-order valence-electron chi connectivity index (χ1n) is 5.26. The number of benzene rings is 2. The molecule has 0 atom stereocenters. The third-order valence-electron chi connectivity index (χ3n) is 2.38. The standard InChI is InChI=1S/C13H9F4NO/c14-9-2-4-10(5-3-9)19-12-6-1-8(7-11(12)18)13(15,16)17/h1-7H,18H2. The van der Waals surface area contributed by atoms with Crippen molar-refractivity contribution >= 4 is 5.69 Å². The van der Waals surface area contributed by atoms with Crippen molar-refractivity contribution in [2.24, 2.45) is 0 Å². The maximum Gasteiger partial charge on any atom is 0.416 e. The van der Waals surface area contributed by atoms with Crippen LogP contribution in [0.5, 0.6) is 11.5 Å². The lowest BCUT2D eigenvalue weighted by Crippen LogP contribution is -2.05. The summed E-state index contributed by atoms with van der Waals surface area (Å²) in [5.74, 6) is -0.0693. The van der Waals surface area contributed by atoms with Gasteiger partial charge in [0, 0.05) is 0 Å². The third kappa shape index (κ3) is 3.15. The number of alkyl halides is 3. The highest BCUT2D eigenvalue weighted by atomic mass is 19.4. The lowest BCUT2D eigenvalue weighted by atomic mass is 10.2. The molecule has 0 unspecified atom stereocenters. The fourth-order valence-electron chi connectivity index (χ4n) is 1.45. The number of halogens is 4. The van der Waals surface area contributed by atoms with Crippen LogP contribution >= 0.6 is 0 Å². The van der Waals surface area contributed by atoms with Gasteiger partial charge >= 0.3 is 6.18 Å². The van der Waals surface area contributed by atoms with Gasteiger partial charge in [0.05, 0.1) is 11.3 Å². The number of hydrogen-bond donors (Lipinski definition) is 1. The molecule has 0 heterocycles. The van der Waals surface area contributed by atoms with E-state index in [4.69, 9.17) is 10.5 Å². The number of anilines is 1. The first-order chi connectivity index (χ1) is 8.86. The Morgan fingerprint density at radius 3 is 2.11 bits per heavy atom. The van der Waals surface area contributed by atoms with Gasteiger partial charge in [0.15, 0.2) is 0 Å². The Bertz CT molecular complexity index is 578. The number of nitrogen functional groups attached to an aromatic ring is 1. The molecule has 0 radical (unpaired) electrons. The van der Waals surface area contributed by atoms with Crippen molar-refractivity contribution < 1.29 is 22.3 Å². The van der Waals surface area contributed by atoms with E-state index in [0.29, 0.717) is 0 Å². The molecule has 6 heteroatoms. The van der Waals surface area contributed by atoms with Crippen LogP contribution in [0.3, 0.4) is 0 Å². The molecule has 2 rings (SSSR count). The quantitative estimate of drug-likeness (QED) is 0.655. The Labute approximate surface area is 106 Å². The van der Waals surface area contributed by atoms with Crippen molar-refractivity contribution in [2.45, 2.75) is 6.18 Å². The molecule has 2 aromatic carbocycles. The number of hydrogen-bond acceptors (Lipinski definition) is 2. The van der Waals surface area contributed by atoms with Crippen LogP contribution in [-0.2, 0) is 6.18 Å². The van der Waals surface area contributed by atoms with Crippen LogP contribution < -0.4 is 10.5 Å². The summed E-state index contributed by atoms with van der Waals surface area (Å²) in [6, 6.07) is 7.85. The number of nitrogens with two attached hydrogens (primary N) is 1. The van der Waals surface area contributed by atoms with Gasteiger partial charge in [-0.2, -0.15) is 13.2 Å². The highest BCUT2D eigenvalue weighted by molar-refractivity contribution is 5.56. The minimum atomic E-state index is -4.46. The van der Waals surface area contributed by atoms with E-state index in [1.165, 1.54) is 24.3 Å². The Kier molecular flexibility index (Phi) is 3.33. The van der Waals surface area contributed by atoms with Gasteiger partial charge in [-0.15, -0.1) is 0 Å². The number of ether oxygens (including phenoxy) is 1. The average Bonchev–Trinajstić information content (AvgIpc) is 2.33. The fraction of sp³-hybridized carbons (Fsp3) is 0.0769. The minimum absolute atomic E-state index is 0.0830. The van der Waals surface area contributed by atoms with Crippen LogP contribution in [0.15, 0.2) is 42.5 Å². The summed E-state index contributed by atoms with van der Waals surface area (Å²) in [4.78, 5) is 0. The molecule has 0 aliphatic rings. The molecule has 0 bridgehead atoms. The molecule has 0 saturated heterocycles. The van der Waals surface area contributed by atoms with E-state index >= 15 is 0 Å². The predicted molar refractivity (Wildman–Crippen MR) is 62.3 cm³/mol. The highest BCUT2D eigenvalue weighted by Gasteiger charge is 2.30. The zero-order valence-corrected chi connectivity index (χ0v) is 9.54. The van der Waals surface area contributed by atoms with Crippen molar-refractivity contribution in [3.63, 3.8) is 0 Å². The van der Waals surface area contributed by atoms with Crippen LogP contribution in [0.2, 0.25) is 0 Å². The maximum absolute atomic E-state index is 12.7. The summed E-state index contributed by atoms with van der Waals surface area (Å²) in [7, 11) is 0. The molecule has 2 nitrogen and oxygen atoms in total. The molecule has 0 aromatic heterocycles. The summed E-state index contributed by atoms with van der Waals surface area (Å²) < 4.78 is 55.3. The van der Waals surface area contributed by atoms with Gasteiger partial charge < -0.3 is 10.5 Å². The maximum atomic E-state index is 12.7. The van der Waals surface area contributed by atoms with Crippen LogP contribution in [0.1, 0.15) is 5.56 Å². The number of rotatable bonds is 2. The van der Waals surface area contributed by atoms with Crippen LogP contribution in [0, 0.1) is 5.82 Å². The van der Waals surface area contributed by atoms with Gasteiger partial charge in [-0.25, -0.2) is 4.39 Å². The van der Waals surface area contributed by atoms with Gasteiger partial charge in [-0.1, -0.05) is 0 Å². The zero-order chi connectivity index (χ0) is 14.0. The molecule has 100 valence electrons. The van der Waals surface area contributed by atoms with E-state index < -0.39 is 17.6 Å². The van der Waals surface area contributed by atoms with Gasteiger partial charge in [0.1, 0.15) is 17.3 Å². The van der Waals surface area contributed by atoms with Crippen LogP contribution in [-0.4, -0.2) is 0 Å². The normalized spacial score (nSPS) is 11.4. The van der Waals surface area contributed by atoms with Crippen molar-refractivity contribution in [1.82, 2.24) is 0 Å². The second-order valence-corrected chi connectivity index (χ2v) is 3.81. The Morgan fingerprint density at radius 2 is 1.58 bits per heavy atom. The molecule has 19 heavy (non-hydrogen) atoms. The molecule has 0 spiro atoms. The topological polar surface area (TPSA) is 35.2 Å². The van der Waals surface area contributed by atoms with Crippen molar-refractivity contribution in [3.05, 3.63) is 53.8 Å². The molecule has 2 aromatic rings. The Hall–Kier alpha value is -2.24. The van der Waals surface area contributed by atoms with E-state index in [0.717, 1.165) is 18.2 Å². The summed E-state index contributed by atoms with van der Waals surface area (Å²) in [5, 5.41) is 0. The van der Waals surface area contributed by atoms with Crippen molar-refractivity contribution in [3.8, 4) is 11.5 Å². The van der Waals surface area contributed by atoms with Crippen molar-refractivity contribution in [1.29, 1.82) is 0 Å². The van der Waals surface area contributed by atoms with Gasteiger partial charge in [-0.05, 0) is 42.5 Å². The molecular weight excluding hydrogens is 262 g/mol. The van der Waals surface area contributed by atoms with E-state index in [-0.39, 0.29) is 17.2 Å². The first-order valence-corrected chi connectivity index (χ1v) is 5.26. The van der Waals surface area contributed by atoms with Gasteiger partial charge in [-0.3, -0.25) is 0 Å². The SMILES string of the molecule is Nc1cc(C(F)(F)F)ccc1Oc1ccc(F)cc1. The summed E-state index contributed by atoms with van der Waals surface area (Å²) in [6.07, 6.45) is -4.46. The second-order valence-electron chi connectivity index (χ2n) is 3.81. The first kappa shape index (κ1) is 13.2. The molecule has 0 saturated carbocycles. The van der Waals surface area contributed by atoms with Crippen LogP contribution in [0.25, 0.3) is 0 Å². The Balaban J connectivity index is 2.24. The Morgan fingerprint density at radius 1 is 0.947 bits per heavy atom. The van der Waals surface area contributed by atoms with E-state index in [9.17, 15) is 17.6 Å². The fourth-order valence-corrected chi connectivity index (χ4v) is 1.45. The van der Waals surface area contributed by atoms with Crippen LogP contribution in [0.4, 0.5) is 23.2 Å². The second kappa shape index (κ2) is 4.79. The third-order valence-corrected chi connectivity index (χ3v) is 2.38. The highest BCUT2D eigenvalue weighted by Crippen LogP contribution is 2.35. The lowest BCUT2D eigenvalue weighted by Gasteiger charge is -2.11. The molecule has 0 aliphatic heterocycles. The predicted octanol–water partition coefficient (Wildman–Crippen LogP) is 4.22. The average molecular weight is 271 g/mol. The smallest absolute Gasteiger partial charge is 0.416 e. The molecule has 0 fully saturated rings. The van der Waals surface area contributed by atoms with Gasteiger partial charge in [0.2, 0.25) is 0 Å². The van der Waals surface area contributed by atoms with E-state index in [2.05, 4.69) is 0 Å². The van der Waals surface area contributed by atoms with E-state index in [1.54, 1.807) is 0 Å². The van der Waals surface area contributed by atoms with E-state index in [1.807, 2.05) is 0 Å². The molecule has 0 amide bonds. The molecular formula is C13H9F4NO. The minimum Gasteiger partial charge on any atom is -0.455 e. The molecule has 0 aliphatic carbocycles. The lowest BCUT2D eigenvalue weighted by molar-refractivity contribution is -0.137. The van der Waals surface area contributed by atoms with Gasteiger partial charge in [0.25, 0.3) is 0 Å². The van der Waals surface area contributed by atoms with Crippen molar-refractivity contribution in [2.75, 3.05) is 5.73 Å². The summed E-state index contributed by atoms with van der Waals surface area (Å²) in [6.45, 7) is 0. The summed E-state index contributed by atoms with van der Waals surface area (Å²) >= 11 is 0. The zero-order valence-electron chi connectivity index (χ0n) is 9.54. The summed E-state index contributed by atoms with van der Waals surface area (Å²) in [5.41, 5.74) is 4.51. The largest absolute Gasteiger partial charge is 0.455 e.